The molecule has 6 rings (SSSR count). The van der Waals surface area contributed by atoms with Gasteiger partial charge in [-0.05, 0) is 58.7 Å². The van der Waals surface area contributed by atoms with Crippen LogP contribution >= 0.6 is 0 Å². The van der Waals surface area contributed by atoms with Crippen LogP contribution in [0.2, 0.25) is 0 Å². The predicted octanol–water partition coefficient (Wildman–Crippen LogP) is 2.62. The molecule has 10 heteroatoms. The van der Waals surface area contributed by atoms with E-state index in [9.17, 15) is 9.90 Å². The van der Waals surface area contributed by atoms with Crippen molar-refractivity contribution in [1.29, 1.82) is 0 Å². The minimum absolute atomic E-state index is 0.0124. The maximum absolute atomic E-state index is 14.0. The molecule has 204 valence electrons. The number of hydrogen-bond acceptors (Lipinski definition) is 9. The Labute approximate surface area is 225 Å². The lowest BCUT2D eigenvalue weighted by Gasteiger charge is -2.44. The average molecular weight is 521 g/mol. The Morgan fingerprint density at radius 3 is 2.45 bits per heavy atom. The number of likely N-dealkylation sites (tertiary alicyclic amines) is 1. The lowest BCUT2D eigenvalue weighted by Crippen LogP contribution is -2.57. The third kappa shape index (κ3) is 4.42. The van der Waals surface area contributed by atoms with E-state index in [2.05, 4.69) is 45.0 Å². The van der Waals surface area contributed by atoms with E-state index < -0.39 is 11.6 Å². The van der Waals surface area contributed by atoms with Crippen LogP contribution < -0.4 is 15.1 Å². The largest absolute Gasteiger partial charge is 0.377 e. The van der Waals surface area contributed by atoms with Crippen molar-refractivity contribution in [2.24, 2.45) is 5.41 Å². The van der Waals surface area contributed by atoms with E-state index in [1.807, 2.05) is 35.3 Å². The third-order valence-electron chi connectivity index (χ3n) is 9.13. The Kier molecular flexibility index (Phi) is 6.74. The van der Waals surface area contributed by atoms with Crippen molar-refractivity contribution in [3.63, 3.8) is 0 Å². The molecule has 2 N–H and O–H groups in total. The van der Waals surface area contributed by atoms with Crippen LogP contribution in [0.3, 0.4) is 0 Å². The second-order valence-corrected chi connectivity index (χ2v) is 11.7. The van der Waals surface area contributed by atoms with Crippen LogP contribution in [0.15, 0.2) is 24.5 Å². The number of carbonyl (C=O) groups is 1. The molecule has 2 aromatic rings. The Morgan fingerprint density at radius 2 is 1.82 bits per heavy atom. The molecule has 38 heavy (non-hydrogen) atoms. The number of hydrogen-bond donors (Lipinski definition) is 2. The van der Waals surface area contributed by atoms with Gasteiger partial charge in [-0.3, -0.25) is 19.5 Å². The maximum atomic E-state index is 14.0. The highest BCUT2D eigenvalue weighted by atomic mass is 16.3. The van der Waals surface area contributed by atoms with Gasteiger partial charge in [-0.25, -0.2) is 9.97 Å². The SMILES string of the molecule is CC(C)N1CCN(c2ccc(Nc3ncc4c(n3)N(C3CCCC3)C(=O)C3(CCN(C)C3O)C4)nc2)CC1. The van der Waals surface area contributed by atoms with Crippen LogP contribution in [0.5, 0.6) is 0 Å². The zero-order valence-corrected chi connectivity index (χ0v) is 22.8. The van der Waals surface area contributed by atoms with Crippen LogP contribution in [0.25, 0.3) is 0 Å². The summed E-state index contributed by atoms with van der Waals surface area (Å²) in [5, 5.41) is 14.3. The van der Waals surface area contributed by atoms with Gasteiger partial charge < -0.3 is 15.3 Å². The molecule has 10 nitrogen and oxygen atoms in total. The van der Waals surface area contributed by atoms with E-state index in [-0.39, 0.29) is 11.9 Å². The minimum atomic E-state index is -0.819. The fraction of sp³-hybridized carbons (Fsp3) is 0.643. The highest BCUT2D eigenvalue weighted by Gasteiger charge is 2.57. The monoisotopic (exact) mass is 520 g/mol. The number of carbonyl (C=O) groups excluding carboxylic acids is 1. The number of rotatable bonds is 5. The number of fused-ring (bicyclic) bond motifs is 1. The molecule has 0 aromatic carbocycles. The summed E-state index contributed by atoms with van der Waals surface area (Å²) in [5.74, 6) is 1.81. The maximum Gasteiger partial charge on any atom is 0.239 e. The molecule has 1 saturated carbocycles. The quantitative estimate of drug-likeness (QED) is 0.616. The summed E-state index contributed by atoms with van der Waals surface area (Å²) < 4.78 is 0. The van der Waals surface area contributed by atoms with Gasteiger partial charge in [0, 0.05) is 56.6 Å². The summed E-state index contributed by atoms with van der Waals surface area (Å²) in [6.07, 6.45) is 8.21. The Bertz CT molecular complexity index is 1160. The number of aliphatic hydroxyl groups is 1. The van der Waals surface area contributed by atoms with Crippen molar-refractivity contribution in [3.05, 3.63) is 30.1 Å². The van der Waals surface area contributed by atoms with Crippen LogP contribution in [0, 0.1) is 5.41 Å². The lowest BCUT2D eigenvalue weighted by atomic mass is 9.75. The topological polar surface area (TPSA) is 101 Å². The molecule has 1 amide bonds. The summed E-state index contributed by atoms with van der Waals surface area (Å²) in [6.45, 7) is 9.32. The number of aliphatic hydroxyl groups excluding tert-OH is 1. The van der Waals surface area contributed by atoms with Gasteiger partial charge in [0.1, 0.15) is 17.9 Å². The molecule has 2 saturated heterocycles. The first-order chi connectivity index (χ1) is 18.4. The molecule has 2 aromatic heterocycles. The Morgan fingerprint density at radius 1 is 1.05 bits per heavy atom. The molecule has 4 aliphatic rings. The molecule has 3 aliphatic heterocycles. The summed E-state index contributed by atoms with van der Waals surface area (Å²) in [7, 11) is 1.88. The van der Waals surface area contributed by atoms with Crippen LogP contribution in [0.4, 0.5) is 23.3 Å². The van der Waals surface area contributed by atoms with Crippen molar-refractivity contribution in [1.82, 2.24) is 24.8 Å². The van der Waals surface area contributed by atoms with E-state index in [0.717, 1.165) is 63.1 Å². The molecular weight excluding hydrogens is 480 g/mol. The van der Waals surface area contributed by atoms with Crippen LogP contribution in [-0.4, -0.2) is 93.8 Å². The first kappa shape index (κ1) is 25.5. The zero-order valence-electron chi connectivity index (χ0n) is 22.8. The van der Waals surface area contributed by atoms with Gasteiger partial charge in [0.25, 0.3) is 0 Å². The van der Waals surface area contributed by atoms with Gasteiger partial charge >= 0.3 is 0 Å². The number of anilines is 4. The molecule has 1 aliphatic carbocycles. The predicted molar refractivity (Wildman–Crippen MR) is 148 cm³/mol. The van der Waals surface area contributed by atoms with Crippen molar-refractivity contribution in [2.75, 3.05) is 54.9 Å². The van der Waals surface area contributed by atoms with Gasteiger partial charge in [-0.2, -0.15) is 4.98 Å². The zero-order chi connectivity index (χ0) is 26.4. The molecule has 2 unspecified atom stereocenters. The van der Waals surface area contributed by atoms with E-state index in [0.29, 0.717) is 43.0 Å². The van der Waals surface area contributed by atoms with Crippen molar-refractivity contribution in [2.45, 2.75) is 70.7 Å². The first-order valence-corrected chi connectivity index (χ1v) is 14.2. The molecule has 1 spiro atoms. The molecule has 2 atom stereocenters. The fourth-order valence-corrected chi connectivity index (χ4v) is 6.75. The number of pyridine rings is 1. The van der Waals surface area contributed by atoms with Crippen molar-refractivity contribution < 1.29 is 9.90 Å². The van der Waals surface area contributed by atoms with Crippen LogP contribution in [-0.2, 0) is 11.2 Å². The summed E-state index contributed by atoms with van der Waals surface area (Å²) in [5.41, 5.74) is 1.23. The van der Waals surface area contributed by atoms with E-state index >= 15 is 0 Å². The van der Waals surface area contributed by atoms with Crippen LogP contribution in [0.1, 0.15) is 51.5 Å². The van der Waals surface area contributed by atoms with Gasteiger partial charge in [0.15, 0.2) is 0 Å². The Balaban J connectivity index is 1.22. The number of amides is 1. The first-order valence-electron chi connectivity index (χ1n) is 14.2. The normalized spacial score (nSPS) is 27.1. The van der Waals surface area contributed by atoms with E-state index in [1.165, 1.54) is 0 Å². The average Bonchev–Trinajstić information content (AvgIpc) is 3.55. The van der Waals surface area contributed by atoms with E-state index in [4.69, 9.17) is 4.98 Å². The number of nitrogens with zero attached hydrogens (tertiary/aromatic N) is 7. The molecule has 0 radical (unpaired) electrons. The van der Waals surface area contributed by atoms with Gasteiger partial charge in [-0.15, -0.1) is 0 Å². The number of piperazine rings is 1. The Hall–Kier alpha value is -2.82. The third-order valence-corrected chi connectivity index (χ3v) is 9.13. The van der Waals surface area contributed by atoms with Gasteiger partial charge in [-0.1, -0.05) is 12.8 Å². The van der Waals surface area contributed by atoms with E-state index in [1.54, 1.807) is 0 Å². The highest BCUT2D eigenvalue weighted by molar-refractivity contribution is 6.01. The molecule has 5 heterocycles. The second kappa shape index (κ2) is 10.1. The van der Waals surface area contributed by atoms with Gasteiger partial charge in [0.05, 0.1) is 17.3 Å². The lowest BCUT2D eigenvalue weighted by molar-refractivity contribution is -0.139. The minimum Gasteiger partial charge on any atom is -0.377 e. The molecule has 0 bridgehead atoms. The smallest absolute Gasteiger partial charge is 0.239 e. The van der Waals surface area contributed by atoms with Crippen molar-refractivity contribution >= 4 is 29.2 Å². The fourth-order valence-electron chi connectivity index (χ4n) is 6.75. The summed E-state index contributed by atoms with van der Waals surface area (Å²) in [4.78, 5) is 36.8. The van der Waals surface area contributed by atoms with Crippen molar-refractivity contribution in [3.8, 4) is 0 Å². The van der Waals surface area contributed by atoms with Gasteiger partial charge in [0.2, 0.25) is 11.9 Å². The standard InChI is InChI=1S/C28H40N8O2/c1-19(2)34-12-14-35(15-13-34)22-8-9-23(29-18-22)31-27-30-17-20-16-28(10-11-33(3)25(28)37)26(38)36(24(20)32-27)21-6-4-5-7-21/h8-9,17-19,21,25,37H,4-7,10-16H2,1-3H3,(H,29,30,31,32). The molecular formula is C28H40N8O2. The number of aromatic nitrogens is 3. The number of nitrogens with one attached hydrogen (secondary N) is 1. The summed E-state index contributed by atoms with van der Waals surface area (Å²) >= 11 is 0. The highest BCUT2D eigenvalue weighted by Crippen LogP contribution is 2.47. The molecule has 3 fully saturated rings. The second-order valence-electron chi connectivity index (χ2n) is 11.7. The summed E-state index contributed by atoms with van der Waals surface area (Å²) in [6, 6.07) is 4.75.